The first kappa shape index (κ1) is 34.4. The molecule has 2 N–H and O–H groups in total. The summed E-state index contributed by atoms with van der Waals surface area (Å²) in [6.07, 6.45) is 6.79. The average molecular weight is 678 g/mol. The highest BCUT2D eigenvalue weighted by Gasteiger charge is 2.43. The molecule has 1 aromatic heterocycles. The molecule has 0 bridgehead atoms. The van der Waals surface area contributed by atoms with Gasteiger partial charge in [0, 0.05) is 63.4 Å². The van der Waals surface area contributed by atoms with Crippen molar-refractivity contribution in [3.63, 3.8) is 0 Å². The van der Waals surface area contributed by atoms with E-state index in [1.807, 2.05) is 25.9 Å². The Bertz CT molecular complexity index is 1610. The van der Waals surface area contributed by atoms with E-state index >= 15 is 0 Å². The number of benzene rings is 1. The quantitative estimate of drug-likeness (QED) is 0.374. The Morgan fingerprint density at radius 1 is 1.06 bits per heavy atom. The van der Waals surface area contributed by atoms with Crippen molar-refractivity contribution in [3.05, 3.63) is 29.5 Å². The fraction of sp³-hybridized carbons (Fsp3) is 0.600. The van der Waals surface area contributed by atoms with E-state index in [0.717, 1.165) is 37.1 Å². The van der Waals surface area contributed by atoms with Crippen molar-refractivity contribution in [2.24, 2.45) is 0 Å². The summed E-state index contributed by atoms with van der Waals surface area (Å²) in [7, 11) is 5.54. The molecular weight excluding hydrogens is 630 g/mol. The van der Waals surface area contributed by atoms with Crippen LogP contribution >= 0.6 is 0 Å². The summed E-state index contributed by atoms with van der Waals surface area (Å²) in [5.74, 6) is 0.514. The molecule has 2 fully saturated rings. The molecule has 14 nitrogen and oxygen atoms in total. The molecule has 3 heterocycles. The minimum Gasteiger partial charge on any atom is -0.491 e. The number of aromatic nitrogens is 2. The van der Waals surface area contributed by atoms with E-state index in [-0.39, 0.29) is 36.4 Å². The highest BCUT2D eigenvalue weighted by atomic mass is 16.6. The van der Waals surface area contributed by atoms with Gasteiger partial charge in [0.15, 0.2) is 5.82 Å². The molecular formula is C35H47N7O7. The molecule has 2 amide bonds. The number of likely N-dealkylation sites (N-methyl/N-ethyl adjacent to an activating group) is 2. The van der Waals surface area contributed by atoms with E-state index in [0.29, 0.717) is 54.5 Å². The highest BCUT2D eigenvalue weighted by molar-refractivity contribution is 6.04. The van der Waals surface area contributed by atoms with Crippen LogP contribution in [0.1, 0.15) is 81.6 Å². The Kier molecular flexibility index (Phi) is 9.96. The molecule has 1 aromatic carbocycles. The van der Waals surface area contributed by atoms with E-state index in [9.17, 15) is 19.2 Å². The summed E-state index contributed by atoms with van der Waals surface area (Å²) >= 11 is 0. The molecule has 0 radical (unpaired) electrons. The Balaban J connectivity index is 1.25. The van der Waals surface area contributed by atoms with Gasteiger partial charge in [0.25, 0.3) is 5.91 Å². The van der Waals surface area contributed by atoms with Crippen LogP contribution in [0.15, 0.2) is 18.3 Å². The van der Waals surface area contributed by atoms with E-state index in [1.165, 1.54) is 13.8 Å². The third-order valence-corrected chi connectivity index (χ3v) is 10.2. The molecule has 2 aliphatic heterocycles. The van der Waals surface area contributed by atoms with Gasteiger partial charge in [-0.3, -0.25) is 19.2 Å². The van der Waals surface area contributed by atoms with E-state index < -0.39 is 30.2 Å². The summed E-state index contributed by atoms with van der Waals surface area (Å²) in [6, 6.07) is 2.72. The molecule has 2 aromatic rings. The average Bonchev–Trinajstić information content (AvgIpc) is 3.77. The van der Waals surface area contributed by atoms with Crippen LogP contribution in [0.4, 0.5) is 23.1 Å². The molecule has 0 spiro atoms. The number of hydrogen-bond acceptors (Lipinski definition) is 12. The van der Waals surface area contributed by atoms with Crippen molar-refractivity contribution < 1.29 is 33.4 Å². The molecule has 49 heavy (non-hydrogen) atoms. The third-order valence-electron chi connectivity index (χ3n) is 10.2. The predicted octanol–water partition coefficient (Wildman–Crippen LogP) is 3.34. The maximum Gasteiger partial charge on any atom is 0.302 e. The Labute approximate surface area is 286 Å². The van der Waals surface area contributed by atoms with Crippen LogP contribution in [0.2, 0.25) is 0 Å². The SMILES string of the molecule is CC[C@@H]1C(=O)N(C)c2cnc(Nc3ccc(C(=O)N[C@@H]4C[C@@H](OC(C)=O)[C@H](N(C)C)C[C@H]4OC(C)=O)c4c3OCC4)nc2N1C1CCCC1. The summed E-state index contributed by atoms with van der Waals surface area (Å²) in [5, 5.41) is 6.39. The van der Waals surface area contributed by atoms with Crippen molar-refractivity contribution >= 4 is 46.9 Å². The van der Waals surface area contributed by atoms with Crippen LogP contribution in [0.3, 0.4) is 0 Å². The van der Waals surface area contributed by atoms with Crippen molar-refractivity contribution in [3.8, 4) is 5.75 Å². The summed E-state index contributed by atoms with van der Waals surface area (Å²) in [5.41, 5.74) is 2.50. The Hall–Kier alpha value is -4.46. The van der Waals surface area contributed by atoms with Crippen LogP contribution in [0, 0.1) is 0 Å². The van der Waals surface area contributed by atoms with Crippen LogP contribution < -0.4 is 25.2 Å². The normalized spacial score (nSPS) is 25.0. The first-order valence-corrected chi connectivity index (χ1v) is 17.3. The number of anilines is 4. The number of nitrogens with zero attached hydrogens (tertiary/aromatic N) is 5. The number of esters is 2. The molecule has 264 valence electrons. The van der Waals surface area contributed by atoms with Crippen molar-refractivity contribution in [2.75, 3.05) is 42.9 Å². The van der Waals surface area contributed by atoms with Crippen molar-refractivity contribution in [1.29, 1.82) is 0 Å². The van der Waals surface area contributed by atoms with Crippen molar-refractivity contribution in [2.45, 2.75) is 109 Å². The van der Waals surface area contributed by atoms with Crippen LogP contribution in [0.25, 0.3) is 0 Å². The Morgan fingerprint density at radius 2 is 1.78 bits per heavy atom. The van der Waals surface area contributed by atoms with Gasteiger partial charge >= 0.3 is 11.9 Å². The number of carbonyl (C=O) groups is 4. The van der Waals surface area contributed by atoms with Gasteiger partial charge in [0.05, 0.1) is 24.5 Å². The van der Waals surface area contributed by atoms with Gasteiger partial charge in [-0.05, 0) is 45.5 Å². The van der Waals surface area contributed by atoms with Gasteiger partial charge in [-0.2, -0.15) is 4.98 Å². The smallest absolute Gasteiger partial charge is 0.302 e. The number of amides is 2. The van der Waals surface area contributed by atoms with E-state index in [2.05, 4.69) is 20.5 Å². The molecule has 14 heteroatoms. The van der Waals surface area contributed by atoms with Gasteiger partial charge in [0.2, 0.25) is 11.9 Å². The zero-order valence-corrected chi connectivity index (χ0v) is 29.2. The lowest BCUT2D eigenvalue weighted by Gasteiger charge is -2.43. The first-order chi connectivity index (χ1) is 23.5. The Morgan fingerprint density at radius 3 is 2.45 bits per heavy atom. The lowest BCUT2D eigenvalue weighted by molar-refractivity contribution is -0.162. The van der Waals surface area contributed by atoms with E-state index in [1.54, 1.807) is 30.3 Å². The second kappa shape index (κ2) is 14.2. The number of fused-ring (bicyclic) bond motifs is 2. The minimum atomic E-state index is -0.600. The first-order valence-electron chi connectivity index (χ1n) is 17.3. The molecule has 0 saturated heterocycles. The number of hydrogen-bond donors (Lipinski definition) is 2. The van der Waals surface area contributed by atoms with Crippen molar-refractivity contribution in [1.82, 2.24) is 20.2 Å². The second-order valence-electron chi connectivity index (χ2n) is 13.6. The number of rotatable bonds is 9. The highest BCUT2D eigenvalue weighted by Crippen LogP contribution is 2.42. The monoisotopic (exact) mass is 677 g/mol. The molecule has 2 aliphatic carbocycles. The van der Waals surface area contributed by atoms with Gasteiger partial charge in [-0.25, -0.2) is 4.98 Å². The summed E-state index contributed by atoms with van der Waals surface area (Å²) in [4.78, 5) is 66.4. The summed E-state index contributed by atoms with van der Waals surface area (Å²) < 4.78 is 17.3. The maximum absolute atomic E-state index is 13.8. The third kappa shape index (κ3) is 6.87. The van der Waals surface area contributed by atoms with Gasteiger partial charge in [-0.15, -0.1) is 0 Å². The van der Waals surface area contributed by atoms with E-state index in [4.69, 9.17) is 19.2 Å². The summed E-state index contributed by atoms with van der Waals surface area (Å²) in [6.45, 7) is 5.14. The molecule has 6 rings (SSSR count). The second-order valence-corrected chi connectivity index (χ2v) is 13.6. The van der Waals surface area contributed by atoms with Gasteiger partial charge in [0.1, 0.15) is 29.7 Å². The van der Waals surface area contributed by atoms with Crippen LogP contribution in [0.5, 0.6) is 5.75 Å². The predicted molar refractivity (Wildman–Crippen MR) is 182 cm³/mol. The van der Waals surface area contributed by atoms with Gasteiger partial charge in [-0.1, -0.05) is 19.8 Å². The molecule has 4 aliphatic rings. The number of nitrogens with one attached hydrogen (secondary N) is 2. The molecule has 2 saturated carbocycles. The fourth-order valence-corrected chi connectivity index (χ4v) is 7.91. The standard InChI is InChI=1S/C35H47N7O7/c1-7-26-34(46)41(6)28-18-36-35(39-32(28)42(26)21-10-8-9-11-21)38-24-13-12-23(22-14-15-47-31(22)24)33(45)37-25-16-30(49-20(3)44)27(40(4)5)17-29(25)48-19(2)43/h12-13,18,21,25-27,29-30H,7-11,14-17H2,1-6H3,(H,37,45)(H,36,38,39)/t25-,26-,27-,29-,30-/m1/s1. The lowest BCUT2D eigenvalue weighted by Crippen LogP contribution is -2.58. The largest absolute Gasteiger partial charge is 0.491 e. The lowest BCUT2D eigenvalue weighted by atomic mass is 9.85. The maximum atomic E-state index is 13.8. The number of carbonyl (C=O) groups excluding carboxylic acids is 4. The zero-order chi connectivity index (χ0) is 35.0. The zero-order valence-electron chi connectivity index (χ0n) is 29.2. The number of ether oxygens (including phenoxy) is 3. The molecule has 5 atom stereocenters. The van der Waals surface area contributed by atoms with Gasteiger partial charge < -0.3 is 39.5 Å². The minimum absolute atomic E-state index is 0.0538. The van der Waals surface area contributed by atoms with Crippen LogP contribution in [-0.2, 0) is 30.3 Å². The topological polar surface area (TPSA) is 156 Å². The van der Waals surface area contributed by atoms with Crippen LogP contribution in [-0.4, -0.2) is 103 Å². The molecule has 0 unspecified atom stereocenters. The fourth-order valence-electron chi connectivity index (χ4n) is 7.91.